The van der Waals surface area contributed by atoms with E-state index < -0.39 is 28.4 Å². The van der Waals surface area contributed by atoms with Crippen molar-refractivity contribution < 1.29 is 19.2 Å². The molecule has 0 spiro atoms. The maximum atomic E-state index is 13.2. The van der Waals surface area contributed by atoms with Gasteiger partial charge in [-0.3, -0.25) is 14.9 Å². The number of nitrogens with zero attached hydrogens (tertiary/aromatic N) is 1. The molecule has 0 saturated carbocycles. The molecular weight excluding hydrogens is 219 g/mol. The van der Waals surface area contributed by atoms with E-state index in [0.717, 1.165) is 12.1 Å². The summed E-state index contributed by atoms with van der Waals surface area (Å²) in [6.45, 7) is 0. The van der Waals surface area contributed by atoms with Crippen molar-refractivity contribution in [2.24, 2.45) is 5.73 Å². The lowest BCUT2D eigenvalue weighted by molar-refractivity contribution is -0.387. The molecule has 3 N–H and O–H groups in total. The Labute approximate surface area is 89.6 Å². The molecule has 0 aromatic heterocycles. The van der Waals surface area contributed by atoms with Gasteiger partial charge in [-0.2, -0.15) is 4.39 Å². The largest absolute Gasteiger partial charge is 0.481 e. The Kier molecular flexibility index (Phi) is 3.51. The molecule has 1 aromatic rings. The first-order chi connectivity index (χ1) is 7.41. The van der Waals surface area contributed by atoms with E-state index in [1.807, 2.05) is 0 Å². The zero-order valence-corrected chi connectivity index (χ0v) is 8.09. The zero-order chi connectivity index (χ0) is 12.3. The molecule has 86 valence electrons. The molecule has 1 rings (SSSR count). The normalized spacial score (nSPS) is 12.1. The van der Waals surface area contributed by atoms with Crippen LogP contribution in [0.2, 0.25) is 0 Å². The number of benzene rings is 1. The van der Waals surface area contributed by atoms with E-state index >= 15 is 0 Å². The minimum Gasteiger partial charge on any atom is -0.481 e. The third kappa shape index (κ3) is 2.74. The molecule has 1 aromatic carbocycles. The number of nitro groups is 1. The highest BCUT2D eigenvalue weighted by atomic mass is 19.1. The number of carbonyl (C=O) groups is 1. The van der Waals surface area contributed by atoms with Crippen molar-refractivity contribution in [3.05, 3.63) is 39.7 Å². The predicted octanol–water partition coefficient (Wildman–Crippen LogP) is 1.21. The van der Waals surface area contributed by atoms with E-state index in [1.165, 1.54) is 6.07 Å². The van der Waals surface area contributed by atoms with Gasteiger partial charge in [-0.05, 0) is 11.6 Å². The van der Waals surface area contributed by atoms with Gasteiger partial charge < -0.3 is 10.8 Å². The monoisotopic (exact) mass is 228 g/mol. The van der Waals surface area contributed by atoms with E-state index in [2.05, 4.69) is 0 Å². The molecule has 1 unspecified atom stereocenters. The number of nitrogens with two attached hydrogens (primary N) is 1. The van der Waals surface area contributed by atoms with E-state index in [-0.39, 0.29) is 12.0 Å². The molecule has 0 aliphatic rings. The Balaban J connectivity index is 2.96. The average Bonchev–Trinajstić information content (AvgIpc) is 2.15. The van der Waals surface area contributed by atoms with Gasteiger partial charge in [-0.1, -0.05) is 6.07 Å². The Morgan fingerprint density at radius 2 is 2.25 bits per heavy atom. The van der Waals surface area contributed by atoms with E-state index in [9.17, 15) is 19.3 Å². The molecule has 0 saturated heterocycles. The van der Waals surface area contributed by atoms with E-state index in [1.54, 1.807) is 0 Å². The number of hydrogen-bond donors (Lipinski definition) is 2. The summed E-state index contributed by atoms with van der Waals surface area (Å²) in [6.07, 6.45) is -0.364. The van der Waals surface area contributed by atoms with Crippen molar-refractivity contribution in [3.8, 4) is 0 Å². The van der Waals surface area contributed by atoms with Crippen molar-refractivity contribution in [1.82, 2.24) is 0 Å². The first-order valence-corrected chi connectivity index (χ1v) is 4.33. The first-order valence-electron chi connectivity index (χ1n) is 4.33. The Bertz CT molecular complexity index is 436. The number of rotatable bonds is 4. The van der Waals surface area contributed by atoms with Crippen LogP contribution in [0.1, 0.15) is 18.0 Å². The fourth-order valence-corrected chi connectivity index (χ4v) is 1.21. The smallest absolute Gasteiger partial charge is 0.305 e. The molecule has 16 heavy (non-hydrogen) atoms. The number of carboxylic acids is 1. The van der Waals surface area contributed by atoms with Gasteiger partial charge in [0.2, 0.25) is 5.82 Å². The van der Waals surface area contributed by atoms with Gasteiger partial charge in [-0.15, -0.1) is 0 Å². The summed E-state index contributed by atoms with van der Waals surface area (Å²) < 4.78 is 13.2. The zero-order valence-electron chi connectivity index (χ0n) is 8.09. The van der Waals surface area contributed by atoms with Crippen LogP contribution in [-0.2, 0) is 4.79 Å². The molecule has 7 heteroatoms. The topological polar surface area (TPSA) is 106 Å². The fraction of sp³-hybridized carbons (Fsp3) is 0.222. The quantitative estimate of drug-likeness (QED) is 0.595. The molecule has 0 heterocycles. The summed E-state index contributed by atoms with van der Waals surface area (Å²) in [5.74, 6) is -2.14. The lowest BCUT2D eigenvalue weighted by Gasteiger charge is -2.08. The number of aliphatic carboxylic acids is 1. The summed E-state index contributed by atoms with van der Waals surface area (Å²) in [5.41, 5.74) is 5.03. The van der Waals surface area contributed by atoms with Crippen molar-refractivity contribution in [3.63, 3.8) is 0 Å². The SMILES string of the molecule is NC(CC(=O)O)c1ccc([N+](=O)[O-])c(F)c1. The number of carboxylic acid groups (broad SMARTS) is 1. The van der Waals surface area contributed by atoms with Crippen molar-refractivity contribution >= 4 is 11.7 Å². The summed E-state index contributed by atoms with van der Waals surface area (Å²) in [4.78, 5) is 19.8. The lowest BCUT2D eigenvalue weighted by atomic mass is 10.0. The van der Waals surface area contributed by atoms with Gasteiger partial charge in [0.1, 0.15) is 0 Å². The minimum absolute atomic E-state index is 0.213. The van der Waals surface area contributed by atoms with Gasteiger partial charge in [0.15, 0.2) is 0 Å². The van der Waals surface area contributed by atoms with Gasteiger partial charge in [0.05, 0.1) is 11.3 Å². The van der Waals surface area contributed by atoms with Crippen LogP contribution < -0.4 is 5.73 Å². The molecule has 6 nitrogen and oxygen atoms in total. The van der Waals surface area contributed by atoms with Crippen LogP contribution in [0.4, 0.5) is 10.1 Å². The van der Waals surface area contributed by atoms with E-state index in [4.69, 9.17) is 10.8 Å². The van der Waals surface area contributed by atoms with Gasteiger partial charge in [0, 0.05) is 12.1 Å². The molecule has 0 bridgehead atoms. The van der Waals surface area contributed by atoms with Crippen molar-refractivity contribution in [1.29, 1.82) is 0 Å². The second kappa shape index (κ2) is 4.67. The third-order valence-electron chi connectivity index (χ3n) is 1.99. The predicted molar refractivity (Wildman–Crippen MR) is 52.2 cm³/mol. The average molecular weight is 228 g/mol. The molecule has 0 radical (unpaired) electrons. The van der Waals surface area contributed by atoms with Crippen LogP contribution >= 0.6 is 0 Å². The van der Waals surface area contributed by atoms with Gasteiger partial charge >= 0.3 is 11.7 Å². The molecule has 0 aliphatic carbocycles. The minimum atomic E-state index is -1.12. The molecule has 0 amide bonds. The molecule has 0 aliphatic heterocycles. The number of hydrogen-bond acceptors (Lipinski definition) is 4. The lowest BCUT2D eigenvalue weighted by Crippen LogP contribution is -2.15. The maximum Gasteiger partial charge on any atom is 0.305 e. The van der Waals surface area contributed by atoms with Gasteiger partial charge in [0.25, 0.3) is 0 Å². The van der Waals surface area contributed by atoms with Gasteiger partial charge in [-0.25, -0.2) is 0 Å². The first kappa shape index (κ1) is 12.1. The summed E-state index contributed by atoms with van der Waals surface area (Å²) in [7, 11) is 0. The highest BCUT2D eigenvalue weighted by molar-refractivity contribution is 5.67. The fourth-order valence-electron chi connectivity index (χ4n) is 1.21. The highest BCUT2D eigenvalue weighted by Gasteiger charge is 2.17. The Morgan fingerprint density at radius 3 is 2.69 bits per heavy atom. The van der Waals surface area contributed by atoms with Crippen LogP contribution in [-0.4, -0.2) is 16.0 Å². The summed E-state index contributed by atoms with van der Waals surface area (Å²) in [5, 5.41) is 18.8. The Morgan fingerprint density at radius 1 is 1.62 bits per heavy atom. The van der Waals surface area contributed by atoms with Crippen LogP contribution in [0.5, 0.6) is 0 Å². The highest BCUT2D eigenvalue weighted by Crippen LogP contribution is 2.22. The standard InChI is InChI=1S/C9H9FN2O4/c10-6-3-5(7(11)4-9(13)14)1-2-8(6)12(15)16/h1-3,7H,4,11H2,(H,13,14). The van der Waals surface area contributed by atoms with Crippen molar-refractivity contribution in [2.45, 2.75) is 12.5 Å². The van der Waals surface area contributed by atoms with Crippen LogP contribution in [0.15, 0.2) is 18.2 Å². The summed E-state index contributed by atoms with van der Waals surface area (Å²) >= 11 is 0. The Hall–Kier alpha value is -2.02. The second-order valence-electron chi connectivity index (χ2n) is 3.17. The van der Waals surface area contributed by atoms with Crippen molar-refractivity contribution in [2.75, 3.05) is 0 Å². The molecule has 0 fully saturated rings. The number of nitro benzene ring substituents is 1. The maximum absolute atomic E-state index is 13.2. The molecule has 1 atom stereocenters. The van der Waals surface area contributed by atoms with Crippen LogP contribution in [0.3, 0.4) is 0 Å². The van der Waals surface area contributed by atoms with E-state index in [0.29, 0.717) is 0 Å². The third-order valence-corrected chi connectivity index (χ3v) is 1.99. The number of halogens is 1. The van der Waals surface area contributed by atoms with Crippen LogP contribution in [0, 0.1) is 15.9 Å². The molecular formula is C9H9FN2O4. The second-order valence-corrected chi connectivity index (χ2v) is 3.17. The summed E-state index contributed by atoms with van der Waals surface area (Å²) in [6, 6.07) is 2.21. The van der Waals surface area contributed by atoms with Crippen LogP contribution in [0.25, 0.3) is 0 Å².